The van der Waals surface area contributed by atoms with Crippen LogP contribution in [0.3, 0.4) is 0 Å². The van der Waals surface area contributed by atoms with Gasteiger partial charge in [0.05, 0.1) is 25.8 Å². The van der Waals surface area contributed by atoms with Crippen LogP contribution in [-0.2, 0) is 23.7 Å². The summed E-state index contributed by atoms with van der Waals surface area (Å²) in [5.41, 5.74) is 0. The molecule has 206 valence electrons. The van der Waals surface area contributed by atoms with E-state index in [0.29, 0.717) is 0 Å². The van der Waals surface area contributed by atoms with E-state index in [1.807, 2.05) is 0 Å². The van der Waals surface area contributed by atoms with Crippen LogP contribution in [0.25, 0.3) is 0 Å². The zero-order valence-electron chi connectivity index (χ0n) is 18.1. The maximum atomic E-state index is 10.8. The highest BCUT2D eigenvalue weighted by atomic mass is 16.7. The Bertz CT molecular complexity index is 663. The number of carbonyl (C=O) groups excluding carboxylic acids is 1. The van der Waals surface area contributed by atoms with Gasteiger partial charge in [-0.25, -0.2) is 0 Å². The van der Waals surface area contributed by atoms with Gasteiger partial charge in [0.1, 0.15) is 73.2 Å². The van der Waals surface area contributed by atoms with E-state index in [4.69, 9.17) is 24.1 Å². The second-order valence-corrected chi connectivity index (χ2v) is 8.11. The molecule has 17 nitrogen and oxygen atoms in total. The van der Waals surface area contributed by atoms with Gasteiger partial charge in [-0.15, -0.1) is 0 Å². The zero-order chi connectivity index (χ0) is 26.6. The summed E-state index contributed by atoms with van der Waals surface area (Å²) in [7, 11) is 0. The molecule has 0 amide bonds. The number of aliphatic hydroxyl groups excluding tert-OH is 11. The number of aliphatic carboxylic acids is 1. The molecule has 2 saturated heterocycles. The van der Waals surface area contributed by atoms with Crippen molar-refractivity contribution in [3.8, 4) is 0 Å². The number of rotatable bonds is 11. The minimum Gasteiger partial charge on any atom is -0.547 e. The molecule has 2 heterocycles. The van der Waals surface area contributed by atoms with Gasteiger partial charge in [-0.3, -0.25) is 0 Å². The van der Waals surface area contributed by atoms with Gasteiger partial charge in [-0.2, -0.15) is 0 Å². The first-order chi connectivity index (χ1) is 16.4. The Hall–Kier alpha value is -1.13. The van der Waals surface area contributed by atoms with Crippen LogP contribution in [0.4, 0.5) is 0 Å². The van der Waals surface area contributed by atoms with Crippen molar-refractivity contribution >= 4 is 5.97 Å². The number of ether oxygens (including phenoxy) is 4. The van der Waals surface area contributed by atoms with Crippen molar-refractivity contribution in [2.75, 3.05) is 19.8 Å². The Morgan fingerprint density at radius 2 is 1.34 bits per heavy atom. The number of hydrogen-bond donors (Lipinski definition) is 11. The van der Waals surface area contributed by atoms with Crippen molar-refractivity contribution in [3.63, 3.8) is 0 Å². The van der Waals surface area contributed by atoms with Gasteiger partial charge in [-0.1, -0.05) is 0 Å². The first-order valence-corrected chi connectivity index (χ1v) is 10.5. The van der Waals surface area contributed by atoms with Crippen molar-refractivity contribution in [1.82, 2.24) is 0 Å². The number of carboxylic acid groups (broad SMARTS) is 1. The summed E-state index contributed by atoms with van der Waals surface area (Å²) in [6, 6.07) is 0. The summed E-state index contributed by atoms with van der Waals surface area (Å²) < 4.78 is 20.9. The van der Waals surface area contributed by atoms with Gasteiger partial charge in [0, 0.05) is 0 Å². The van der Waals surface area contributed by atoms with E-state index in [2.05, 4.69) is 0 Å². The first kappa shape index (κ1) is 30.1. The summed E-state index contributed by atoms with van der Waals surface area (Å²) >= 11 is 0. The molecule has 2 aliphatic rings. The minimum atomic E-state index is -2.59. The first-order valence-electron chi connectivity index (χ1n) is 10.5. The molecule has 0 aromatic rings. The third kappa shape index (κ3) is 6.60. The maximum Gasteiger partial charge on any atom is 0.187 e. The fraction of sp³-hybridized carbons (Fsp3) is 0.944. The monoisotopic (exact) mass is 519 g/mol. The van der Waals surface area contributed by atoms with Gasteiger partial charge in [0.2, 0.25) is 0 Å². The third-order valence-electron chi connectivity index (χ3n) is 5.72. The molecule has 35 heavy (non-hydrogen) atoms. The van der Waals surface area contributed by atoms with Crippen LogP contribution in [0.1, 0.15) is 0 Å². The summed E-state index contributed by atoms with van der Waals surface area (Å²) in [6.45, 7) is -2.81. The molecule has 2 fully saturated rings. The highest BCUT2D eigenvalue weighted by Gasteiger charge is 2.51. The lowest BCUT2D eigenvalue weighted by Crippen LogP contribution is -2.65. The SMILES string of the molecule is O=C([O-])[C@H](O)[C@@H](O)[C@H](O[C@@H]1O[C@H](CO)[C@@H](O[C@@H]2O[C@H](CO)[C@@H](O)[C@H](O)[C@H]2O)[C@H](O)[C@H]1O)[C@H](O)CO. The average molecular weight is 519 g/mol. The summed E-state index contributed by atoms with van der Waals surface area (Å²) in [5, 5.41) is 119. The van der Waals surface area contributed by atoms with Crippen LogP contribution in [0, 0.1) is 0 Å². The van der Waals surface area contributed by atoms with Crippen molar-refractivity contribution in [2.24, 2.45) is 0 Å². The van der Waals surface area contributed by atoms with E-state index >= 15 is 0 Å². The molecule has 0 spiro atoms. The topological polar surface area (TPSA) is 300 Å². The summed E-state index contributed by atoms with van der Waals surface area (Å²) in [5.74, 6) is -2.15. The van der Waals surface area contributed by atoms with Crippen molar-refractivity contribution in [2.45, 2.75) is 85.8 Å². The Kier molecular flexibility index (Phi) is 11.1. The molecular weight excluding hydrogens is 488 g/mol. The van der Waals surface area contributed by atoms with Crippen LogP contribution >= 0.6 is 0 Å². The van der Waals surface area contributed by atoms with Crippen LogP contribution in [0.15, 0.2) is 0 Å². The Morgan fingerprint density at radius 3 is 1.86 bits per heavy atom. The summed E-state index contributed by atoms with van der Waals surface area (Å²) in [4.78, 5) is 10.8. The normalized spacial score (nSPS) is 41.7. The van der Waals surface area contributed by atoms with E-state index in [-0.39, 0.29) is 0 Å². The number of carbonyl (C=O) groups is 1. The van der Waals surface area contributed by atoms with Gasteiger partial charge in [-0.05, 0) is 0 Å². The summed E-state index contributed by atoms with van der Waals surface area (Å²) in [6.07, 6.45) is -27.0. The Balaban J connectivity index is 2.19. The molecule has 0 aliphatic carbocycles. The van der Waals surface area contributed by atoms with Crippen LogP contribution in [-0.4, -0.2) is 168 Å². The van der Waals surface area contributed by atoms with Crippen molar-refractivity contribution < 1.29 is 85.0 Å². The fourth-order valence-electron chi connectivity index (χ4n) is 3.64. The second-order valence-electron chi connectivity index (χ2n) is 8.11. The molecule has 14 atom stereocenters. The number of aliphatic hydroxyl groups is 11. The lowest BCUT2D eigenvalue weighted by Gasteiger charge is -2.46. The lowest BCUT2D eigenvalue weighted by atomic mass is 9.96. The molecule has 11 N–H and O–H groups in total. The largest absolute Gasteiger partial charge is 0.547 e. The van der Waals surface area contributed by atoms with Gasteiger partial charge in [0.25, 0.3) is 0 Å². The van der Waals surface area contributed by atoms with E-state index in [9.17, 15) is 61.0 Å². The average Bonchev–Trinajstić information content (AvgIpc) is 2.84. The predicted octanol–water partition coefficient (Wildman–Crippen LogP) is -9.18. The van der Waals surface area contributed by atoms with Crippen molar-refractivity contribution in [3.05, 3.63) is 0 Å². The zero-order valence-corrected chi connectivity index (χ0v) is 18.1. The van der Waals surface area contributed by atoms with E-state index in [1.165, 1.54) is 0 Å². The van der Waals surface area contributed by atoms with Crippen LogP contribution in [0.2, 0.25) is 0 Å². The molecule has 17 heteroatoms. The Morgan fingerprint density at radius 1 is 0.800 bits per heavy atom. The quantitative estimate of drug-likeness (QED) is 0.121. The number of hydrogen-bond acceptors (Lipinski definition) is 17. The van der Waals surface area contributed by atoms with Crippen LogP contribution < -0.4 is 5.11 Å². The van der Waals surface area contributed by atoms with Crippen LogP contribution in [0.5, 0.6) is 0 Å². The number of carboxylic acids is 1. The predicted molar refractivity (Wildman–Crippen MR) is 101 cm³/mol. The smallest absolute Gasteiger partial charge is 0.187 e. The second kappa shape index (κ2) is 12.9. The minimum absolute atomic E-state index is 0.787. The van der Waals surface area contributed by atoms with E-state index in [0.717, 1.165) is 0 Å². The van der Waals surface area contributed by atoms with E-state index < -0.39 is 112 Å². The molecule has 2 aliphatic heterocycles. The molecule has 0 aromatic carbocycles. The van der Waals surface area contributed by atoms with Gasteiger partial charge in [0.15, 0.2) is 12.6 Å². The molecule has 2 rings (SSSR count). The van der Waals surface area contributed by atoms with Gasteiger partial charge >= 0.3 is 0 Å². The molecule has 0 saturated carbocycles. The molecule has 0 unspecified atom stereocenters. The maximum absolute atomic E-state index is 10.8. The molecule has 0 bridgehead atoms. The fourth-order valence-corrected chi connectivity index (χ4v) is 3.64. The Labute approximate surface area is 197 Å². The molecular formula is C18H31O17-. The van der Waals surface area contributed by atoms with Gasteiger partial charge < -0.3 is 85.0 Å². The highest BCUT2D eigenvalue weighted by Crippen LogP contribution is 2.30. The highest BCUT2D eigenvalue weighted by molar-refractivity contribution is 5.70. The molecule has 0 radical (unpaired) electrons. The third-order valence-corrected chi connectivity index (χ3v) is 5.72. The standard InChI is InChI=1S/C18H32O17/c19-1-4(22)14(9(25)11(27)16(30)31)34-18-13(29)10(26)15(6(3-21)33-18)35-17-12(28)8(24)7(23)5(2-20)32-17/h4-15,17-29H,1-3H2,(H,30,31)/p-1/t4-,5-,6-,7-,8+,9-,10-,11-,12-,13-,14-,15-,17+,18+/m1/s1. The lowest BCUT2D eigenvalue weighted by molar-refractivity contribution is -0.368. The van der Waals surface area contributed by atoms with Crippen molar-refractivity contribution in [1.29, 1.82) is 0 Å². The molecule has 0 aromatic heterocycles. The van der Waals surface area contributed by atoms with E-state index in [1.54, 1.807) is 0 Å².